The van der Waals surface area contributed by atoms with Gasteiger partial charge in [-0.05, 0) is 31.3 Å². The Bertz CT molecular complexity index is 1170. The fourth-order valence-corrected chi connectivity index (χ4v) is 3.66. The van der Waals surface area contributed by atoms with Gasteiger partial charge in [0.2, 0.25) is 6.79 Å². The Morgan fingerprint density at radius 2 is 1.77 bits per heavy atom. The number of piperazine rings is 1. The fourth-order valence-electron chi connectivity index (χ4n) is 3.66. The summed E-state index contributed by atoms with van der Waals surface area (Å²) in [5.41, 5.74) is -0.602. The molecule has 1 saturated heterocycles. The number of nitrogens with zero attached hydrogens (tertiary/aromatic N) is 5. The van der Waals surface area contributed by atoms with Crippen molar-refractivity contribution in [3.05, 3.63) is 41.7 Å². The van der Waals surface area contributed by atoms with Crippen LogP contribution in [0.25, 0.3) is 16.9 Å². The molecule has 0 aliphatic carbocycles. The summed E-state index contributed by atoms with van der Waals surface area (Å²) in [4.78, 5) is 20.8. The Labute approximate surface area is 174 Å². The second-order valence-electron chi connectivity index (χ2n) is 7.49. The van der Waals surface area contributed by atoms with Crippen LogP contribution >= 0.6 is 0 Å². The summed E-state index contributed by atoms with van der Waals surface area (Å²) in [6.45, 7) is 2.43. The molecular weight excluding hydrogens is 415 g/mol. The first-order valence-electron chi connectivity index (χ1n) is 9.65. The summed E-state index contributed by atoms with van der Waals surface area (Å²) in [7, 11) is 1.95. The lowest BCUT2D eigenvalue weighted by Gasteiger charge is -2.31. The van der Waals surface area contributed by atoms with Crippen molar-refractivity contribution in [2.24, 2.45) is 0 Å². The molecule has 2 aromatic heterocycles. The number of carbonyl (C=O) groups is 1. The number of hydrogen-bond donors (Lipinski definition) is 0. The smallest absolute Gasteiger partial charge is 0.433 e. The Morgan fingerprint density at radius 1 is 1.03 bits per heavy atom. The molecule has 4 heterocycles. The van der Waals surface area contributed by atoms with Gasteiger partial charge in [0, 0.05) is 37.8 Å². The van der Waals surface area contributed by atoms with Crippen LogP contribution in [0.1, 0.15) is 16.2 Å². The van der Waals surface area contributed by atoms with E-state index in [9.17, 15) is 18.0 Å². The van der Waals surface area contributed by atoms with Crippen molar-refractivity contribution >= 4 is 11.6 Å². The van der Waals surface area contributed by atoms with Crippen LogP contribution in [0.3, 0.4) is 0 Å². The van der Waals surface area contributed by atoms with Gasteiger partial charge >= 0.3 is 6.18 Å². The van der Waals surface area contributed by atoms with Crippen LogP contribution in [0.15, 0.2) is 30.3 Å². The van der Waals surface area contributed by atoms with Crippen LogP contribution in [0.4, 0.5) is 13.2 Å². The number of fused-ring (bicyclic) bond motifs is 2. The van der Waals surface area contributed by atoms with Gasteiger partial charge in [0.05, 0.1) is 5.69 Å². The monoisotopic (exact) mass is 433 g/mol. The molecular formula is C20H18F3N5O3. The molecule has 1 fully saturated rings. The van der Waals surface area contributed by atoms with E-state index in [1.54, 1.807) is 23.1 Å². The molecule has 0 spiro atoms. The summed E-state index contributed by atoms with van der Waals surface area (Å²) in [6.07, 6.45) is -4.69. The van der Waals surface area contributed by atoms with E-state index < -0.39 is 17.8 Å². The first kappa shape index (κ1) is 19.6. The fraction of sp³-hybridized carbons (Fsp3) is 0.350. The van der Waals surface area contributed by atoms with Gasteiger partial charge in [0.25, 0.3) is 5.91 Å². The summed E-state index contributed by atoms with van der Waals surface area (Å²) in [5, 5.41) is 3.95. The van der Waals surface area contributed by atoms with Crippen LogP contribution < -0.4 is 9.47 Å². The number of hydrogen-bond acceptors (Lipinski definition) is 6. The molecule has 0 radical (unpaired) electrons. The van der Waals surface area contributed by atoms with Gasteiger partial charge in [0.15, 0.2) is 28.5 Å². The molecule has 2 aliphatic heterocycles. The summed E-state index contributed by atoms with van der Waals surface area (Å²) >= 11 is 0. The molecule has 0 N–H and O–H groups in total. The first-order chi connectivity index (χ1) is 14.8. The third-order valence-corrected chi connectivity index (χ3v) is 5.40. The zero-order valence-corrected chi connectivity index (χ0v) is 16.5. The Balaban J connectivity index is 1.57. The number of rotatable bonds is 2. The van der Waals surface area contributed by atoms with Gasteiger partial charge in [-0.3, -0.25) is 4.79 Å². The van der Waals surface area contributed by atoms with Crippen molar-refractivity contribution in [3.63, 3.8) is 0 Å². The molecule has 11 heteroatoms. The Morgan fingerprint density at radius 3 is 2.52 bits per heavy atom. The minimum absolute atomic E-state index is 0.0550. The van der Waals surface area contributed by atoms with Gasteiger partial charge in [-0.15, -0.1) is 0 Å². The Kier molecular flexibility index (Phi) is 4.50. The maximum atomic E-state index is 13.8. The van der Waals surface area contributed by atoms with Crippen LogP contribution in [0, 0.1) is 0 Å². The van der Waals surface area contributed by atoms with Gasteiger partial charge in [0.1, 0.15) is 0 Å². The number of halogens is 3. The highest BCUT2D eigenvalue weighted by Crippen LogP contribution is 2.37. The second kappa shape index (κ2) is 7.12. The van der Waals surface area contributed by atoms with Crippen LogP contribution in [-0.2, 0) is 6.18 Å². The van der Waals surface area contributed by atoms with E-state index >= 15 is 0 Å². The number of benzene rings is 1. The molecule has 5 rings (SSSR count). The van der Waals surface area contributed by atoms with Crippen molar-refractivity contribution < 1.29 is 27.4 Å². The molecule has 3 aromatic rings. The van der Waals surface area contributed by atoms with E-state index in [4.69, 9.17) is 9.47 Å². The highest BCUT2D eigenvalue weighted by atomic mass is 19.4. The standard InChI is InChI=1S/C20H18F3N5O3/c1-26-4-6-27(7-5-26)19(29)14-10-18-24-13(9-17(20(21,22)23)28(18)25-14)12-2-3-15-16(8-12)31-11-30-15/h2-3,8-10H,4-7,11H2,1H3. The molecule has 162 valence electrons. The van der Waals surface area contributed by atoms with Gasteiger partial charge < -0.3 is 19.3 Å². The quantitative estimate of drug-likeness (QED) is 0.619. The van der Waals surface area contributed by atoms with E-state index in [1.807, 2.05) is 7.05 Å². The minimum atomic E-state index is -4.69. The van der Waals surface area contributed by atoms with Gasteiger partial charge in [-0.25, -0.2) is 9.50 Å². The predicted octanol–water partition coefficient (Wildman–Crippen LogP) is 2.53. The number of ether oxygens (including phenoxy) is 2. The third kappa shape index (κ3) is 3.54. The van der Waals surface area contributed by atoms with Crippen molar-refractivity contribution in [2.45, 2.75) is 6.18 Å². The summed E-state index contributed by atoms with van der Waals surface area (Å²) in [5.74, 6) is 0.550. The zero-order chi connectivity index (χ0) is 21.8. The third-order valence-electron chi connectivity index (χ3n) is 5.40. The zero-order valence-electron chi connectivity index (χ0n) is 16.5. The molecule has 0 unspecified atom stereocenters. The van der Waals surface area contributed by atoms with Crippen molar-refractivity contribution in [1.29, 1.82) is 0 Å². The van der Waals surface area contributed by atoms with Crippen LogP contribution in [-0.4, -0.2) is 70.3 Å². The van der Waals surface area contributed by atoms with Gasteiger partial charge in [-0.2, -0.15) is 18.3 Å². The number of alkyl halides is 3. The van der Waals surface area contributed by atoms with Crippen molar-refractivity contribution in [3.8, 4) is 22.8 Å². The van der Waals surface area contributed by atoms with Crippen LogP contribution in [0.5, 0.6) is 11.5 Å². The first-order valence-corrected chi connectivity index (χ1v) is 9.65. The van der Waals surface area contributed by atoms with Crippen molar-refractivity contribution in [1.82, 2.24) is 24.4 Å². The number of amides is 1. The lowest BCUT2D eigenvalue weighted by Crippen LogP contribution is -2.47. The van der Waals surface area contributed by atoms with E-state index in [-0.39, 0.29) is 23.8 Å². The minimum Gasteiger partial charge on any atom is -0.454 e. The molecule has 2 aliphatic rings. The lowest BCUT2D eigenvalue weighted by atomic mass is 10.1. The van der Waals surface area contributed by atoms with Gasteiger partial charge in [-0.1, -0.05) is 0 Å². The van der Waals surface area contributed by atoms with E-state index in [0.29, 0.717) is 47.8 Å². The Hall–Kier alpha value is -3.34. The average Bonchev–Trinajstić information content (AvgIpc) is 3.38. The predicted molar refractivity (Wildman–Crippen MR) is 103 cm³/mol. The highest BCUT2D eigenvalue weighted by molar-refractivity contribution is 5.93. The molecule has 0 saturated carbocycles. The average molecular weight is 433 g/mol. The molecule has 1 amide bonds. The lowest BCUT2D eigenvalue weighted by molar-refractivity contribution is -0.142. The molecule has 1 aromatic carbocycles. The number of likely N-dealkylation sites (N-methyl/N-ethyl adjacent to an activating group) is 1. The number of aromatic nitrogens is 3. The van der Waals surface area contributed by atoms with Crippen LogP contribution in [0.2, 0.25) is 0 Å². The molecule has 31 heavy (non-hydrogen) atoms. The summed E-state index contributed by atoms with van der Waals surface area (Å²) < 4.78 is 52.7. The molecule has 0 atom stereocenters. The maximum Gasteiger partial charge on any atom is 0.433 e. The normalized spacial score (nSPS) is 16.8. The maximum absolute atomic E-state index is 13.8. The van der Waals surface area contributed by atoms with E-state index in [0.717, 1.165) is 6.07 Å². The summed E-state index contributed by atoms with van der Waals surface area (Å²) in [6, 6.07) is 7.02. The van der Waals surface area contributed by atoms with Crippen molar-refractivity contribution in [2.75, 3.05) is 40.0 Å². The SMILES string of the molecule is CN1CCN(C(=O)c2cc3nc(-c4ccc5c(c4)OCO5)cc(C(F)(F)F)n3n2)CC1. The van der Waals surface area contributed by atoms with E-state index in [1.165, 1.54) is 6.07 Å². The molecule has 8 nitrogen and oxygen atoms in total. The molecule has 0 bridgehead atoms. The number of carbonyl (C=O) groups excluding carboxylic acids is 1. The largest absolute Gasteiger partial charge is 0.454 e. The topological polar surface area (TPSA) is 72.2 Å². The second-order valence-corrected chi connectivity index (χ2v) is 7.49. The highest BCUT2D eigenvalue weighted by Gasteiger charge is 2.36. The van der Waals surface area contributed by atoms with E-state index in [2.05, 4.69) is 15.0 Å².